The van der Waals surface area contributed by atoms with Crippen LogP contribution in [0.15, 0.2) is 18.2 Å². The van der Waals surface area contributed by atoms with Crippen LogP contribution in [0.4, 0.5) is 5.69 Å². The van der Waals surface area contributed by atoms with Gasteiger partial charge in [-0.15, -0.1) is 0 Å². The van der Waals surface area contributed by atoms with E-state index in [1.807, 2.05) is 0 Å². The van der Waals surface area contributed by atoms with Crippen molar-refractivity contribution in [2.45, 2.75) is 19.3 Å². The molecule has 0 aliphatic carbocycles. The highest BCUT2D eigenvalue weighted by atomic mass is 35.5. The highest BCUT2D eigenvalue weighted by molar-refractivity contribution is 6.32. The molecule has 2 rings (SSSR count). The van der Waals surface area contributed by atoms with Crippen molar-refractivity contribution in [3.63, 3.8) is 0 Å². The van der Waals surface area contributed by atoms with E-state index in [0.717, 1.165) is 4.90 Å². The Kier molecular flexibility index (Phi) is 6.57. The summed E-state index contributed by atoms with van der Waals surface area (Å²) in [5.74, 6) is -0.447. The second kappa shape index (κ2) is 8.65. The molecule has 0 unspecified atom stereocenters. The first-order valence-corrected chi connectivity index (χ1v) is 7.94. The van der Waals surface area contributed by atoms with Crippen LogP contribution in [0, 0.1) is 0 Å². The van der Waals surface area contributed by atoms with E-state index in [1.165, 1.54) is 0 Å². The molecule has 0 saturated carbocycles. The van der Waals surface area contributed by atoms with Crippen LogP contribution in [0.3, 0.4) is 0 Å². The fourth-order valence-corrected chi connectivity index (χ4v) is 2.51. The first-order chi connectivity index (χ1) is 11.5. The zero-order valence-corrected chi connectivity index (χ0v) is 14.1. The molecule has 1 saturated heterocycles. The van der Waals surface area contributed by atoms with Crippen LogP contribution in [0.25, 0.3) is 0 Å². The first-order valence-electron chi connectivity index (χ1n) is 7.56. The lowest BCUT2D eigenvalue weighted by Gasteiger charge is -2.15. The lowest BCUT2D eigenvalue weighted by Crippen LogP contribution is -2.32. The molecule has 1 aromatic carbocycles. The Hall–Kier alpha value is -2.12. The molecule has 1 aliphatic rings. The van der Waals surface area contributed by atoms with Gasteiger partial charge in [-0.3, -0.25) is 19.3 Å². The van der Waals surface area contributed by atoms with Crippen LogP contribution in [-0.4, -0.2) is 49.5 Å². The van der Waals surface area contributed by atoms with Gasteiger partial charge in [0.2, 0.25) is 17.7 Å². The van der Waals surface area contributed by atoms with Gasteiger partial charge in [-0.05, 0) is 12.1 Å². The number of ether oxygens (including phenoxy) is 2. The van der Waals surface area contributed by atoms with Crippen molar-refractivity contribution in [3.8, 4) is 5.75 Å². The molecule has 0 spiro atoms. The van der Waals surface area contributed by atoms with Crippen LogP contribution in [-0.2, 0) is 19.1 Å². The van der Waals surface area contributed by atoms with E-state index >= 15 is 0 Å². The summed E-state index contributed by atoms with van der Waals surface area (Å²) in [6.45, 7) is 0.752. The number of carbonyl (C=O) groups excluding carboxylic acids is 3. The lowest BCUT2D eigenvalue weighted by atomic mass is 10.2. The number of likely N-dealkylation sites (tertiary alicyclic amines) is 1. The lowest BCUT2D eigenvalue weighted by molar-refractivity contribution is -0.138. The number of anilines is 1. The number of benzene rings is 1. The predicted molar refractivity (Wildman–Crippen MR) is 88.0 cm³/mol. The molecule has 0 atom stereocenters. The number of para-hydroxylation sites is 1. The maximum atomic E-state index is 12.1. The fourth-order valence-electron chi connectivity index (χ4n) is 2.28. The number of carbonyl (C=O) groups is 3. The molecule has 0 aromatic heterocycles. The number of imide groups is 1. The van der Waals surface area contributed by atoms with Crippen molar-refractivity contribution >= 4 is 35.0 Å². The molecule has 24 heavy (non-hydrogen) atoms. The molecule has 130 valence electrons. The average molecular weight is 355 g/mol. The normalized spacial score (nSPS) is 14.2. The fraction of sp³-hybridized carbons (Fsp3) is 0.438. The van der Waals surface area contributed by atoms with Gasteiger partial charge in [-0.1, -0.05) is 17.7 Å². The molecule has 0 bridgehead atoms. The minimum absolute atomic E-state index is 0.0154. The summed E-state index contributed by atoms with van der Waals surface area (Å²) in [6, 6.07) is 5.01. The van der Waals surface area contributed by atoms with E-state index in [9.17, 15) is 14.4 Å². The summed E-state index contributed by atoms with van der Waals surface area (Å²) in [7, 11) is 1.56. The number of nitrogens with zero attached hydrogens (tertiary/aromatic N) is 1. The maximum absolute atomic E-state index is 12.1. The van der Waals surface area contributed by atoms with Gasteiger partial charge in [0.15, 0.2) is 5.75 Å². The third-order valence-electron chi connectivity index (χ3n) is 3.49. The Bertz CT molecular complexity index is 619. The van der Waals surface area contributed by atoms with Gasteiger partial charge in [0.1, 0.15) is 6.61 Å². The smallest absolute Gasteiger partial charge is 0.229 e. The molecule has 0 radical (unpaired) electrons. The molecule has 7 nitrogen and oxygen atoms in total. The highest BCUT2D eigenvalue weighted by Crippen LogP contribution is 2.33. The minimum Gasteiger partial charge on any atom is -0.487 e. The monoisotopic (exact) mass is 354 g/mol. The number of methoxy groups -OCH3 is 1. The average Bonchev–Trinajstić information content (AvgIpc) is 2.87. The SMILES string of the molecule is COCCOc1c(Cl)cccc1NC(=O)CCN1C(=O)CCC1=O. The third kappa shape index (κ3) is 4.69. The van der Waals surface area contributed by atoms with Crippen molar-refractivity contribution in [2.75, 3.05) is 32.2 Å². The zero-order chi connectivity index (χ0) is 17.5. The van der Waals surface area contributed by atoms with Gasteiger partial charge in [0.25, 0.3) is 0 Å². The Labute approximate surface area is 144 Å². The molecular weight excluding hydrogens is 336 g/mol. The van der Waals surface area contributed by atoms with Crippen molar-refractivity contribution in [1.82, 2.24) is 4.90 Å². The molecule has 1 N–H and O–H groups in total. The van der Waals surface area contributed by atoms with Gasteiger partial charge in [0.05, 0.1) is 17.3 Å². The number of hydrogen-bond donors (Lipinski definition) is 1. The minimum atomic E-state index is -0.332. The van der Waals surface area contributed by atoms with Crippen LogP contribution < -0.4 is 10.1 Å². The Morgan fingerprint density at radius 3 is 2.62 bits per heavy atom. The van der Waals surface area contributed by atoms with Crippen molar-refractivity contribution < 1.29 is 23.9 Å². The number of hydrogen-bond acceptors (Lipinski definition) is 5. The Morgan fingerprint density at radius 2 is 1.96 bits per heavy atom. The van der Waals surface area contributed by atoms with Crippen LogP contribution in [0.5, 0.6) is 5.75 Å². The van der Waals surface area contributed by atoms with Crippen molar-refractivity contribution in [1.29, 1.82) is 0 Å². The second-order valence-electron chi connectivity index (χ2n) is 5.20. The largest absolute Gasteiger partial charge is 0.487 e. The van der Waals surface area contributed by atoms with Gasteiger partial charge in [-0.25, -0.2) is 0 Å². The van der Waals surface area contributed by atoms with Crippen LogP contribution >= 0.6 is 11.6 Å². The van der Waals surface area contributed by atoms with E-state index in [1.54, 1.807) is 25.3 Å². The summed E-state index contributed by atoms with van der Waals surface area (Å²) >= 11 is 6.10. The zero-order valence-electron chi connectivity index (χ0n) is 13.3. The van der Waals surface area contributed by atoms with E-state index < -0.39 is 0 Å². The predicted octanol–water partition coefficient (Wildman–Crippen LogP) is 1.84. The van der Waals surface area contributed by atoms with Gasteiger partial charge in [0, 0.05) is 32.9 Å². The van der Waals surface area contributed by atoms with E-state index in [-0.39, 0.29) is 43.5 Å². The third-order valence-corrected chi connectivity index (χ3v) is 3.79. The highest BCUT2D eigenvalue weighted by Gasteiger charge is 2.28. The molecular formula is C16H19ClN2O5. The van der Waals surface area contributed by atoms with Crippen LogP contribution in [0.1, 0.15) is 19.3 Å². The second-order valence-corrected chi connectivity index (χ2v) is 5.60. The van der Waals surface area contributed by atoms with E-state index in [2.05, 4.69) is 5.32 Å². The molecule has 1 aromatic rings. The van der Waals surface area contributed by atoms with Gasteiger partial charge < -0.3 is 14.8 Å². The summed E-state index contributed by atoms with van der Waals surface area (Å²) < 4.78 is 10.4. The number of halogens is 1. The molecule has 1 aliphatic heterocycles. The maximum Gasteiger partial charge on any atom is 0.229 e. The van der Waals surface area contributed by atoms with Crippen LogP contribution in [0.2, 0.25) is 5.02 Å². The summed E-state index contributed by atoms with van der Waals surface area (Å²) in [5, 5.41) is 3.06. The van der Waals surface area contributed by atoms with Crippen molar-refractivity contribution in [2.24, 2.45) is 0 Å². The number of nitrogens with one attached hydrogen (secondary N) is 1. The van der Waals surface area contributed by atoms with E-state index in [4.69, 9.17) is 21.1 Å². The standard InChI is InChI=1S/C16H19ClN2O5/c1-23-9-10-24-16-11(17)3-2-4-12(16)18-13(20)7-8-19-14(21)5-6-15(19)22/h2-4H,5-10H2,1H3,(H,18,20). The Balaban J connectivity index is 1.94. The number of rotatable bonds is 8. The van der Waals surface area contributed by atoms with E-state index in [0.29, 0.717) is 29.7 Å². The Morgan fingerprint density at radius 1 is 1.25 bits per heavy atom. The molecule has 8 heteroatoms. The topological polar surface area (TPSA) is 84.9 Å². The van der Waals surface area contributed by atoms with Gasteiger partial charge in [-0.2, -0.15) is 0 Å². The summed E-state index contributed by atoms with van der Waals surface area (Å²) in [6.07, 6.45) is 0.444. The molecule has 1 heterocycles. The van der Waals surface area contributed by atoms with Gasteiger partial charge >= 0.3 is 0 Å². The molecule has 3 amide bonds. The quantitative estimate of drug-likeness (QED) is 0.568. The summed E-state index contributed by atoms with van der Waals surface area (Å²) in [5.41, 5.74) is 0.433. The van der Waals surface area contributed by atoms with Crippen molar-refractivity contribution in [3.05, 3.63) is 23.2 Å². The number of amides is 3. The first kappa shape index (κ1) is 18.2. The summed E-state index contributed by atoms with van der Waals surface area (Å²) in [4.78, 5) is 36.3. The molecule has 1 fully saturated rings.